The molecular weight excluding hydrogens is 292 g/mol. The van der Waals surface area contributed by atoms with Gasteiger partial charge in [-0.15, -0.1) is 0 Å². The van der Waals surface area contributed by atoms with Crippen LogP contribution < -0.4 is 0 Å². The van der Waals surface area contributed by atoms with Crippen LogP contribution in [0.1, 0.15) is 24.0 Å². The largest absolute Gasteiger partial charge is 0.459 e. The van der Waals surface area contributed by atoms with Gasteiger partial charge in [-0.25, -0.2) is 4.79 Å². The minimum Gasteiger partial charge on any atom is -0.459 e. The summed E-state index contributed by atoms with van der Waals surface area (Å²) in [6, 6.07) is 19.0. The Balaban J connectivity index is 1.67. The summed E-state index contributed by atoms with van der Waals surface area (Å²) in [5, 5.41) is 10.8. The molecule has 0 bridgehead atoms. The number of aliphatic hydroxyl groups is 1. The van der Waals surface area contributed by atoms with Gasteiger partial charge >= 0.3 is 5.97 Å². The van der Waals surface area contributed by atoms with Crippen molar-refractivity contribution in [3.63, 3.8) is 0 Å². The average molecular weight is 312 g/mol. The molecule has 0 amide bonds. The first kappa shape index (κ1) is 15.7. The molecule has 1 aliphatic rings. The molecule has 0 spiro atoms. The highest BCUT2D eigenvalue weighted by atomic mass is 16.6. The van der Waals surface area contributed by atoms with Crippen LogP contribution in [-0.4, -0.2) is 29.4 Å². The van der Waals surface area contributed by atoms with Crippen molar-refractivity contribution in [3.8, 4) is 0 Å². The van der Waals surface area contributed by atoms with Gasteiger partial charge in [0.05, 0.1) is 6.61 Å². The van der Waals surface area contributed by atoms with E-state index in [2.05, 4.69) is 0 Å². The van der Waals surface area contributed by atoms with Crippen LogP contribution in [0.2, 0.25) is 0 Å². The summed E-state index contributed by atoms with van der Waals surface area (Å²) < 4.78 is 10.9. The van der Waals surface area contributed by atoms with E-state index in [1.165, 1.54) is 0 Å². The van der Waals surface area contributed by atoms with Crippen molar-refractivity contribution >= 4 is 5.97 Å². The zero-order valence-corrected chi connectivity index (χ0v) is 13.0. The second kappa shape index (κ2) is 6.52. The number of rotatable bonds is 4. The Morgan fingerprint density at radius 1 is 1.17 bits per heavy atom. The van der Waals surface area contributed by atoms with Gasteiger partial charge < -0.3 is 14.6 Å². The first-order valence-electron chi connectivity index (χ1n) is 7.68. The number of esters is 1. The Morgan fingerprint density at radius 2 is 1.78 bits per heavy atom. The smallest absolute Gasteiger partial charge is 0.338 e. The lowest BCUT2D eigenvalue weighted by Gasteiger charge is -2.28. The maximum absolute atomic E-state index is 12.3. The maximum Gasteiger partial charge on any atom is 0.338 e. The van der Waals surface area contributed by atoms with Crippen LogP contribution in [0.15, 0.2) is 60.7 Å². The van der Waals surface area contributed by atoms with Gasteiger partial charge in [0, 0.05) is 5.92 Å². The molecule has 1 saturated heterocycles. The first-order chi connectivity index (χ1) is 11.1. The molecule has 1 aliphatic heterocycles. The molecule has 4 heteroatoms. The van der Waals surface area contributed by atoms with Crippen molar-refractivity contribution in [1.29, 1.82) is 0 Å². The van der Waals surface area contributed by atoms with Crippen molar-refractivity contribution in [2.24, 2.45) is 0 Å². The maximum atomic E-state index is 12.3. The second-order valence-corrected chi connectivity index (χ2v) is 6.00. The summed E-state index contributed by atoms with van der Waals surface area (Å²) in [6.07, 6.45) is -0.976. The average Bonchev–Trinajstić information content (AvgIpc) is 2.89. The fourth-order valence-corrected chi connectivity index (χ4v) is 2.94. The van der Waals surface area contributed by atoms with Crippen LogP contribution in [0.5, 0.6) is 0 Å². The number of hydrogen-bond donors (Lipinski definition) is 1. The van der Waals surface area contributed by atoms with Crippen LogP contribution in [0, 0.1) is 0 Å². The zero-order valence-electron chi connectivity index (χ0n) is 13.0. The van der Waals surface area contributed by atoms with Crippen molar-refractivity contribution in [3.05, 3.63) is 71.8 Å². The highest BCUT2D eigenvalue weighted by molar-refractivity contribution is 5.77. The van der Waals surface area contributed by atoms with Gasteiger partial charge in [0.25, 0.3) is 0 Å². The van der Waals surface area contributed by atoms with E-state index in [9.17, 15) is 9.90 Å². The molecule has 2 aromatic rings. The predicted molar refractivity (Wildman–Crippen MR) is 85.8 cm³/mol. The summed E-state index contributed by atoms with van der Waals surface area (Å²) in [7, 11) is 0. The summed E-state index contributed by atoms with van der Waals surface area (Å²) in [5.74, 6) is -0.782. The van der Waals surface area contributed by atoms with Crippen molar-refractivity contribution in [2.45, 2.75) is 31.2 Å². The topological polar surface area (TPSA) is 55.8 Å². The molecule has 1 heterocycles. The monoisotopic (exact) mass is 312 g/mol. The van der Waals surface area contributed by atoms with Crippen molar-refractivity contribution in [1.82, 2.24) is 0 Å². The number of benzene rings is 2. The lowest BCUT2D eigenvalue weighted by Crippen LogP contribution is -2.45. The van der Waals surface area contributed by atoms with E-state index in [0.29, 0.717) is 6.61 Å². The summed E-state index contributed by atoms with van der Waals surface area (Å²) >= 11 is 0. The Bertz CT molecular complexity index is 652. The van der Waals surface area contributed by atoms with Gasteiger partial charge in [-0.2, -0.15) is 0 Å². The molecule has 3 atom stereocenters. The minimum absolute atomic E-state index is 0.172. The van der Waals surface area contributed by atoms with Gasteiger partial charge in [0.2, 0.25) is 0 Å². The fourth-order valence-electron chi connectivity index (χ4n) is 2.94. The SMILES string of the molecule is C[C@@]1(O)[C@@H](C(=O)OCc2ccccc2)OC[C@@H]1c1ccccc1. The van der Waals surface area contributed by atoms with E-state index in [1.54, 1.807) is 6.92 Å². The lowest BCUT2D eigenvalue weighted by atomic mass is 9.82. The molecule has 0 unspecified atom stereocenters. The van der Waals surface area contributed by atoms with E-state index < -0.39 is 17.7 Å². The van der Waals surface area contributed by atoms with E-state index in [1.807, 2.05) is 60.7 Å². The molecule has 1 fully saturated rings. The second-order valence-electron chi connectivity index (χ2n) is 6.00. The summed E-state index contributed by atoms with van der Waals surface area (Å²) in [6.45, 7) is 2.10. The van der Waals surface area contributed by atoms with E-state index in [-0.39, 0.29) is 12.5 Å². The van der Waals surface area contributed by atoms with Gasteiger partial charge in [-0.3, -0.25) is 0 Å². The molecule has 3 rings (SSSR count). The van der Waals surface area contributed by atoms with E-state index >= 15 is 0 Å². The normalized spacial score (nSPS) is 26.9. The van der Waals surface area contributed by atoms with Crippen LogP contribution in [0.25, 0.3) is 0 Å². The third kappa shape index (κ3) is 3.28. The fraction of sp³-hybridized carbons (Fsp3) is 0.316. The Kier molecular flexibility index (Phi) is 4.46. The molecule has 4 nitrogen and oxygen atoms in total. The number of carbonyl (C=O) groups excluding carboxylic acids is 1. The standard InChI is InChI=1S/C19H20O4/c1-19(21)16(15-10-6-3-7-11-15)13-22-17(19)18(20)23-12-14-8-4-2-5-9-14/h2-11,16-17,21H,12-13H2,1H3/t16-,17-,19+/m1/s1. The highest BCUT2D eigenvalue weighted by Crippen LogP contribution is 2.39. The molecule has 0 radical (unpaired) electrons. The predicted octanol–water partition coefficient (Wildman–Crippen LogP) is 2.66. The molecule has 120 valence electrons. The quantitative estimate of drug-likeness (QED) is 0.882. The van der Waals surface area contributed by atoms with Crippen LogP contribution >= 0.6 is 0 Å². The third-order valence-corrected chi connectivity index (χ3v) is 4.31. The van der Waals surface area contributed by atoms with Gasteiger partial charge in [0.1, 0.15) is 12.2 Å². The van der Waals surface area contributed by atoms with Crippen LogP contribution in [0.3, 0.4) is 0 Å². The molecule has 0 aliphatic carbocycles. The molecule has 1 N–H and O–H groups in total. The lowest BCUT2D eigenvalue weighted by molar-refractivity contribution is -0.165. The zero-order chi connectivity index (χ0) is 16.3. The minimum atomic E-state index is -1.30. The Morgan fingerprint density at radius 3 is 2.43 bits per heavy atom. The number of carbonyl (C=O) groups is 1. The molecule has 0 saturated carbocycles. The number of ether oxygens (including phenoxy) is 2. The molecular formula is C19H20O4. The molecule has 0 aromatic heterocycles. The number of hydrogen-bond acceptors (Lipinski definition) is 4. The van der Waals surface area contributed by atoms with Gasteiger partial charge in [-0.05, 0) is 18.1 Å². The Labute approximate surface area is 135 Å². The molecule has 2 aromatic carbocycles. The summed E-state index contributed by atoms with van der Waals surface area (Å²) in [4.78, 5) is 12.3. The van der Waals surface area contributed by atoms with Crippen molar-refractivity contribution < 1.29 is 19.4 Å². The first-order valence-corrected chi connectivity index (χ1v) is 7.68. The molecule has 23 heavy (non-hydrogen) atoms. The van der Waals surface area contributed by atoms with Gasteiger partial charge in [0.15, 0.2) is 6.10 Å². The van der Waals surface area contributed by atoms with Crippen molar-refractivity contribution in [2.75, 3.05) is 6.61 Å². The van der Waals surface area contributed by atoms with E-state index in [4.69, 9.17) is 9.47 Å². The third-order valence-electron chi connectivity index (χ3n) is 4.31. The van der Waals surface area contributed by atoms with E-state index in [0.717, 1.165) is 11.1 Å². The van der Waals surface area contributed by atoms with Gasteiger partial charge in [-0.1, -0.05) is 60.7 Å². The highest BCUT2D eigenvalue weighted by Gasteiger charge is 2.51. The summed E-state index contributed by atoms with van der Waals surface area (Å²) in [5.41, 5.74) is 0.559. The van der Waals surface area contributed by atoms with Crippen LogP contribution in [0.4, 0.5) is 0 Å². The van der Waals surface area contributed by atoms with Crippen LogP contribution in [-0.2, 0) is 20.9 Å². The Hall–Kier alpha value is -2.17.